The molecule has 0 saturated carbocycles. The van der Waals surface area contributed by atoms with Crippen molar-refractivity contribution >= 4 is 34.9 Å². The van der Waals surface area contributed by atoms with Crippen molar-refractivity contribution in [3.8, 4) is 0 Å². The molecule has 0 fully saturated rings. The van der Waals surface area contributed by atoms with Crippen molar-refractivity contribution in [2.24, 2.45) is 0 Å². The van der Waals surface area contributed by atoms with Crippen molar-refractivity contribution in [2.45, 2.75) is 13.0 Å². The lowest BCUT2D eigenvalue weighted by molar-refractivity contribution is -0.384. The van der Waals surface area contributed by atoms with Crippen LogP contribution < -0.4 is 10.6 Å². The summed E-state index contributed by atoms with van der Waals surface area (Å²) in [6.07, 6.45) is 0. The normalized spacial score (nSPS) is 11.4. The number of benzene rings is 2. The van der Waals surface area contributed by atoms with Gasteiger partial charge in [0, 0.05) is 29.9 Å². The van der Waals surface area contributed by atoms with Crippen molar-refractivity contribution in [1.82, 2.24) is 5.32 Å². The molecule has 0 saturated heterocycles. The number of carbonyl (C=O) groups excluding carboxylic acids is 2. The molecule has 9 heteroatoms. The standard InChI is InChI=1S/C18H18ClN3O5/c1-11(12-4-3-5-13(19)8-12)21-17(23)10-27-18(24)15-9-14(22(25)26)6-7-16(15)20-2/h3-9,11,20H,10H2,1-2H3,(H,21,23). The van der Waals surface area contributed by atoms with E-state index in [-0.39, 0.29) is 17.3 Å². The Morgan fingerprint density at radius 1 is 1.26 bits per heavy atom. The van der Waals surface area contributed by atoms with Crippen LogP contribution in [-0.4, -0.2) is 30.5 Å². The molecule has 2 rings (SSSR count). The van der Waals surface area contributed by atoms with Crippen molar-refractivity contribution < 1.29 is 19.2 Å². The van der Waals surface area contributed by atoms with Crippen molar-refractivity contribution in [2.75, 3.05) is 19.0 Å². The maximum Gasteiger partial charge on any atom is 0.341 e. The Bertz CT molecular complexity index is 872. The number of nitro groups is 1. The molecule has 0 radical (unpaired) electrons. The van der Waals surface area contributed by atoms with E-state index in [4.69, 9.17) is 16.3 Å². The fourth-order valence-electron chi connectivity index (χ4n) is 2.38. The summed E-state index contributed by atoms with van der Waals surface area (Å²) in [5.41, 5.74) is 0.888. The lowest BCUT2D eigenvalue weighted by Crippen LogP contribution is -2.31. The topological polar surface area (TPSA) is 111 Å². The SMILES string of the molecule is CNc1ccc([N+](=O)[O-])cc1C(=O)OCC(=O)NC(C)c1cccc(Cl)c1. The molecule has 0 aliphatic rings. The van der Waals surface area contributed by atoms with Gasteiger partial charge >= 0.3 is 5.97 Å². The van der Waals surface area contributed by atoms with Gasteiger partial charge in [-0.2, -0.15) is 0 Å². The number of esters is 1. The number of nitro benzene ring substituents is 1. The van der Waals surface area contributed by atoms with Gasteiger partial charge in [-0.05, 0) is 30.7 Å². The van der Waals surface area contributed by atoms with Gasteiger partial charge < -0.3 is 15.4 Å². The van der Waals surface area contributed by atoms with Crippen LogP contribution in [0.2, 0.25) is 5.02 Å². The first-order chi connectivity index (χ1) is 12.8. The second kappa shape index (κ2) is 9.00. The average Bonchev–Trinajstić information content (AvgIpc) is 2.65. The summed E-state index contributed by atoms with van der Waals surface area (Å²) in [6.45, 7) is 1.25. The first kappa shape index (κ1) is 20.2. The Labute approximate surface area is 160 Å². The van der Waals surface area contributed by atoms with Gasteiger partial charge in [-0.15, -0.1) is 0 Å². The number of rotatable bonds is 7. The number of hydrogen-bond donors (Lipinski definition) is 2. The van der Waals surface area contributed by atoms with Crippen molar-refractivity contribution in [3.63, 3.8) is 0 Å². The highest BCUT2D eigenvalue weighted by molar-refractivity contribution is 6.30. The third-order valence-corrected chi connectivity index (χ3v) is 4.00. The molecular weight excluding hydrogens is 374 g/mol. The van der Waals surface area contributed by atoms with Crippen LogP contribution in [0.4, 0.5) is 11.4 Å². The molecule has 0 heterocycles. The van der Waals surface area contributed by atoms with E-state index in [0.717, 1.165) is 11.6 Å². The monoisotopic (exact) mass is 391 g/mol. The van der Waals surface area contributed by atoms with Crippen LogP contribution in [0.5, 0.6) is 0 Å². The zero-order valence-electron chi connectivity index (χ0n) is 14.7. The van der Waals surface area contributed by atoms with E-state index < -0.39 is 23.4 Å². The zero-order chi connectivity index (χ0) is 20.0. The summed E-state index contributed by atoms with van der Waals surface area (Å²) < 4.78 is 4.99. The molecule has 8 nitrogen and oxygen atoms in total. The molecule has 0 aromatic heterocycles. The number of hydrogen-bond acceptors (Lipinski definition) is 6. The Morgan fingerprint density at radius 2 is 2.00 bits per heavy atom. The maximum absolute atomic E-state index is 12.2. The second-order valence-corrected chi connectivity index (χ2v) is 6.09. The van der Waals surface area contributed by atoms with Gasteiger partial charge in [0.1, 0.15) is 0 Å². The summed E-state index contributed by atoms with van der Waals surface area (Å²) in [6, 6.07) is 10.5. The van der Waals surface area contributed by atoms with Gasteiger partial charge in [0.15, 0.2) is 6.61 Å². The lowest BCUT2D eigenvalue weighted by Gasteiger charge is -2.15. The molecule has 1 amide bonds. The Kier molecular flexibility index (Phi) is 6.73. The van der Waals surface area contributed by atoms with E-state index in [2.05, 4.69) is 10.6 Å². The van der Waals surface area contributed by atoms with Crippen molar-refractivity contribution in [1.29, 1.82) is 0 Å². The molecule has 2 aromatic rings. The maximum atomic E-state index is 12.2. The van der Waals surface area contributed by atoms with Gasteiger partial charge in [-0.25, -0.2) is 4.79 Å². The summed E-state index contributed by atoms with van der Waals surface area (Å²) in [5, 5.41) is 16.9. The summed E-state index contributed by atoms with van der Waals surface area (Å²) in [5.74, 6) is -1.35. The fourth-order valence-corrected chi connectivity index (χ4v) is 2.58. The van der Waals surface area contributed by atoms with Gasteiger partial charge in [-0.1, -0.05) is 23.7 Å². The number of halogens is 1. The molecule has 0 aliphatic carbocycles. The predicted octanol–water partition coefficient (Wildman–Crippen LogP) is 3.32. The molecule has 2 aromatic carbocycles. The minimum Gasteiger partial charge on any atom is -0.452 e. The van der Waals surface area contributed by atoms with E-state index in [1.165, 1.54) is 12.1 Å². The first-order valence-electron chi connectivity index (χ1n) is 8.00. The second-order valence-electron chi connectivity index (χ2n) is 5.66. The summed E-state index contributed by atoms with van der Waals surface area (Å²) >= 11 is 5.92. The van der Waals surface area contributed by atoms with E-state index in [0.29, 0.717) is 10.7 Å². The molecule has 0 spiro atoms. The van der Waals surface area contributed by atoms with Crippen LogP contribution in [0.1, 0.15) is 28.9 Å². The quantitative estimate of drug-likeness (QED) is 0.425. The number of nitrogens with zero attached hydrogens (tertiary/aromatic N) is 1. The van der Waals surface area contributed by atoms with Crippen LogP contribution in [0.25, 0.3) is 0 Å². The molecule has 142 valence electrons. The average molecular weight is 392 g/mol. The highest BCUT2D eigenvalue weighted by Crippen LogP contribution is 2.22. The third-order valence-electron chi connectivity index (χ3n) is 3.76. The highest BCUT2D eigenvalue weighted by atomic mass is 35.5. The number of ether oxygens (including phenoxy) is 1. The molecule has 2 N–H and O–H groups in total. The number of amides is 1. The van der Waals surface area contributed by atoms with E-state index >= 15 is 0 Å². The summed E-state index contributed by atoms with van der Waals surface area (Å²) in [4.78, 5) is 34.5. The largest absolute Gasteiger partial charge is 0.452 e. The Morgan fingerprint density at radius 3 is 2.63 bits per heavy atom. The van der Waals surface area contributed by atoms with Crippen LogP contribution >= 0.6 is 11.6 Å². The van der Waals surface area contributed by atoms with Crippen LogP contribution in [0.15, 0.2) is 42.5 Å². The Hall–Kier alpha value is -3.13. The van der Waals surface area contributed by atoms with Gasteiger partial charge in [0.05, 0.1) is 16.5 Å². The number of non-ortho nitro benzene ring substituents is 1. The molecule has 1 atom stereocenters. The van der Waals surface area contributed by atoms with E-state index in [1.807, 2.05) is 6.07 Å². The molecule has 0 aliphatic heterocycles. The van der Waals surface area contributed by atoms with Crippen molar-refractivity contribution in [3.05, 3.63) is 68.7 Å². The van der Waals surface area contributed by atoms with Crippen LogP contribution in [0, 0.1) is 10.1 Å². The Balaban J connectivity index is 1.99. The number of carbonyl (C=O) groups is 2. The minimum atomic E-state index is -0.839. The van der Waals surface area contributed by atoms with E-state index in [1.54, 1.807) is 32.2 Å². The predicted molar refractivity (Wildman–Crippen MR) is 101 cm³/mol. The van der Waals surface area contributed by atoms with Crippen LogP contribution in [0.3, 0.4) is 0 Å². The molecule has 27 heavy (non-hydrogen) atoms. The fraction of sp³-hybridized carbons (Fsp3) is 0.222. The smallest absolute Gasteiger partial charge is 0.341 e. The molecular formula is C18H18ClN3O5. The van der Waals surface area contributed by atoms with Crippen LogP contribution in [-0.2, 0) is 9.53 Å². The third kappa shape index (κ3) is 5.42. The first-order valence-corrected chi connectivity index (χ1v) is 8.37. The van der Waals surface area contributed by atoms with E-state index in [9.17, 15) is 19.7 Å². The number of anilines is 1. The van der Waals surface area contributed by atoms with Gasteiger partial charge in [-0.3, -0.25) is 14.9 Å². The zero-order valence-corrected chi connectivity index (χ0v) is 15.4. The molecule has 0 bridgehead atoms. The molecule has 1 unspecified atom stereocenters. The highest BCUT2D eigenvalue weighted by Gasteiger charge is 2.19. The lowest BCUT2D eigenvalue weighted by atomic mass is 10.1. The van der Waals surface area contributed by atoms with Gasteiger partial charge in [0.25, 0.3) is 11.6 Å². The number of nitrogens with one attached hydrogen (secondary N) is 2. The summed E-state index contributed by atoms with van der Waals surface area (Å²) in [7, 11) is 1.57. The van der Waals surface area contributed by atoms with Gasteiger partial charge in [0.2, 0.25) is 0 Å². The minimum absolute atomic E-state index is 0.0256.